The first-order valence-corrected chi connectivity index (χ1v) is 10.3. The van der Waals surface area contributed by atoms with Crippen LogP contribution < -0.4 is 10.1 Å². The average Bonchev–Trinajstić information content (AvgIpc) is 3.09. The summed E-state index contributed by atoms with van der Waals surface area (Å²) in [5, 5.41) is 7.42. The number of benzene rings is 2. The van der Waals surface area contributed by atoms with Crippen molar-refractivity contribution in [2.45, 2.75) is 33.1 Å². The van der Waals surface area contributed by atoms with Crippen molar-refractivity contribution >= 4 is 11.6 Å². The lowest BCUT2D eigenvalue weighted by Crippen LogP contribution is -2.28. The van der Waals surface area contributed by atoms with Gasteiger partial charge < -0.3 is 10.1 Å². The van der Waals surface area contributed by atoms with Crippen molar-refractivity contribution < 1.29 is 13.9 Å². The molecule has 0 saturated heterocycles. The van der Waals surface area contributed by atoms with Crippen LogP contribution in [0.1, 0.15) is 33.1 Å². The molecule has 4 rings (SSSR count). The van der Waals surface area contributed by atoms with E-state index in [4.69, 9.17) is 4.74 Å². The molecule has 0 atom stereocenters. The summed E-state index contributed by atoms with van der Waals surface area (Å²) in [5.74, 6) is 0.376. The Bertz CT molecular complexity index is 1040. The summed E-state index contributed by atoms with van der Waals surface area (Å²) in [5.41, 5.74) is 1.66. The summed E-state index contributed by atoms with van der Waals surface area (Å²) < 4.78 is 21.7. The monoisotopic (exact) mass is 408 g/mol. The second-order valence-electron chi connectivity index (χ2n) is 7.98. The third kappa shape index (κ3) is 4.35. The van der Waals surface area contributed by atoms with Crippen LogP contribution in [0.3, 0.4) is 0 Å². The molecule has 156 valence electrons. The molecule has 1 heterocycles. The topological polar surface area (TPSA) is 69.0 Å². The Morgan fingerprint density at radius 2 is 2.03 bits per heavy atom. The number of amides is 1. The molecule has 7 heteroatoms. The van der Waals surface area contributed by atoms with E-state index < -0.39 is 5.82 Å². The van der Waals surface area contributed by atoms with Gasteiger partial charge in [-0.2, -0.15) is 4.98 Å². The average molecular weight is 408 g/mol. The van der Waals surface area contributed by atoms with Crippen molar-refractivity contribution in [3.05, 3.63) is 54.3 Å². The summed E-state index contributed by atoms with van der Waals surface area (Å²) in [7, 11) is 0. The normalized spacial score (nSPS) is 13.9. The van der Waals surface area contributed by atoms with Crippen LogP contribution in [0, 0.1) is 17.7 Å². The van der Waals surface area contributed by atoms with E-state index in [9.17, 15) is 9.18 Å². The Morgan fingerprint density at radius 3 is 2.73 bits per heavy atom. The highest BCUT2D eigenvalue weighted by Gasteiger charge is 2.25. The molecule has 0 radical (unpaired) electrons. The predicted molar refractivity (Wildman–Crippen MR) is 113 cm³/mol. The third-order valence-corrected chi connectivity index (χ3v) is 5.08. The van der Waals surface area contributed by atoms with E-state index in [0.29, 0.717) is 35.3 Å². The smallest absolute Gasteiger partial charge is 0.336 e. The number of halogens is 1. The fourth-order valence-corrected chi connectivity index (χ4v) is 3.22. The number of carbonyl (C=O) groups excluding carboxylic acids is 1. The molecule has 0 aliphatic heterocycles. The number of nitrogens with one attached hydrogen (secondary N) is 1. The highest BCUT2D eigenvalue weighted by Crippen LogP contribution is 2.29. The summed E-state index contributed by atoms with van der Waals surface area (Å²) in [6.45, 7) is 4.52. The molecule has 1 N–H and O–H groups in total. The first-order chi connectivity index (χ1) is 14.5. The van der Waals surface area contributed by atoms with Gasteiger partial charge >= 0.3 is 6.01 Å². The lowest BCUT2D eigenvalue weighted by molar-refractivity contribution is -0.122. The van der Waals surface area contributed by atoms with Crippen molar-refractivity contribution in [3.63, 3.8) is 0 Å². The maximum Gasteiger partial charge on any atom is 0.336 e. The molecule has 1 aliphatic carbocycles. The molecule has 0 spiro atoms. The van der Waals surface area contributed by atoms with E-state index in [-0.39, 0.29) is 17.8 Å². The van der Waals surface area contributed by atoms with Gasteiger partial charge in [0.1, 0.15) is 5.82 Å². The van der Waals surface area contributed by atoms with Crippen molar-refractivity contribution in [1.82, 2.24) is 14.8 Å². The quantitative estimate of drug-likeness (QED) is 0.607. The zero-order valence-electron chi connectivity index (χ0n) is 17.1. The summed E-state index contributed by atoms with van der Waals surface area (Å²) in [6.07, 6.45) is 2.97. The molecule has 30 heavy (non-hydrogen) atoms. The molecule has 0 unspecified atom stereocenters. The third-order valence-electron chi connectivity index (χ3n) is 5.08. The SMILES string of the molecule is CC(C)COc1nc(-c2ccccc2F)n(-c2cccc(NC(=O)C3CCC3)c2)n1. The molecule has 1 aromatic heterocycles. The van der Waals surface area contributed by atoms with E-state index >= 15 is 0 Å². The molecule has 1 amide bonds. The zero-order chi connectivity index (χ0) is 21.1. The molecule has 1 aliphatic rings. The molecule has 1 saturated carbocycles. The van der Waals surface area contributed by atoms with E-state index in [2.05, 4.69) is 15.4 Å². The minimum absolute atomic E-state index is 0.0345. The number of hydrogen-bond donors (Lipinski definition) is 1. The number of nitrogens with zero attached hydrogens (tertiary/aromatic N) is 3. The van der Waals surface area contributed by atoms with E-state index in [1.165, 1.54) is 6.07 Å². The number of anilines is 1. The minimum Gasteiger partial charge on any atom is -0.462 e. The first-order valence-electron chi connectivity index (χ1n) is 10.3. The summed E-state index contributed by atoms with van der Waals surface area (Å²) in [6, 6.07) is 13.9. The van der Waals surface area contributed by atoms with Gasteiger partial charge in [0, 0.05) is 11.6 Å². The van der Waals surface area contributed by atoms with Crippen LogP contribution >= 0.6 is 0 Å². The van der Waals surface area contributed by atoms with Crippen molar-refractivity contribution in [2.24, 2.45) is 11.8 Å². The first kappa shape index (κ1) is 20.1. The van der Waals surface area contributed by atoms with Gasteiger partial charge in [0.25, 0.3) is 0 Å². The Hall–Kier alpha value is -3.22. The molecule has 2 aromatic carbocycles. The van der Waals surface area contributed by atoms with Crippen molar-refractivity contribution in [1.29, 1.82) is 0 Å². The Balaban J connectivity index is 1.69. The van der Waals surface area contributed by atoms with Gasteiger partial charge in [-0.25, -0.2) is 9.07 Å². The predicted octanol–water partition coefficient (Wildman–Crippen LogP) is 4.85. The second kappa shape index (κ2) is 8.65. The summed E-state index contributed by atoms with van der Waals surface area (Å²) >= 11 is 0. The highest BCUT2D eigenvalue weighted by molar-refractivity contribution is 5.93. The lowest BCUT2D eigenvalue weighted by atomic mass is 9.85. The fraction of sp³-hybridized carbons (Fsp3) is 0.348. The highest BCUT2D eigenvalue weighted by atomic mass is 19.1. The second-order valence-corrected chi connectivity index (χ2v) is 7.98. The Labute approximate surface area is 175 Å². The zero-order valence-corrected chi connectivity index (χ0v) is 17.1. The van der Waals surface area contributed by atoms with E-state index in [1.807, 2.05) is 38.1 Å². The maximum atomic E-state index is 14.5. The van der Waals surface area contributed by atoms with Crippen LogP contribution in [0.25, 0.3) is 17.1 Å². The van der Waals surface area contributed by atoms with Crippen LogP contribution in [0.2, 0.25) is 0 Å². The van der Waals surface area contributed by atoms with Gasteiger partial charge in [0.05, 0.1) is 17.9 Å². The molecule has 1 fully saturated rings. The Morgan fingerprint density at radius 1 is 1.23 bits per heavy atom. The van der Waals surface area contributed by atoms with Crippen LogP contribution in [-0.2, 0) is 4.79 Å². The minimum atomic E-state index is -0.393. The maximum absolute atomic E-state index is 14.5. The molecular weight excluding hydrogens is 383 g/mol. The molecular formula is C23H25FN4O2. The number of rotatable bonds is 7. The lowest BCUT2D eigenvalue weighted by Gasteiger charge is -2.24. The van der Waals surface area contributed by atoms with Gasteiger partial charge in [-0.15, -0.1) is 5.10 Å². The number of ether oxygens (including phenoxy) is 1. The summed E-state index contributed by atoms with van der Waals surface area (Å²) in [4.78, 5) is 16.7. The molecule has 0 bridgehead atoms. The molecule has 3 aromatic rings. The van der Waals surface area contributed by atoms with Gasteiger partial charge in [0.15, 0.2) is 5.82 Å². The van der Waals surface area contributed by atoms with E-state index in [1.54, 1.807) is 22.9 Å². The fourth-order valence-electron chi connectivity index (χ4n) is 3.22. The van der Waals surface area contributed by atoms with Crippen LogP contribution in [0.4, 0.5) is 10.1 Å². The van der Waals surface area contributed by atoms with Crippen molar-refractivity contribution in [2.75, 3.05) is 11.9 Å². The van der Waals surface area contributed by atoms with Gasteiger partial charge in [0.2, 0.25) is 5.91 Å². The van der Waals surface area contributed by atoms with Crippen LogP contribution in [0.15, 0.2) is 48.5 Å². The van der Waals surface area contributed by atoms with Crippen LogP contribution in [0.5, 0.6) is 6.01 Å². The number of carbonyl (C=O) groups is 1. The number of aromatic nitrogens is 3. The number of hydrogen-bond acceptors (Lipinski definition) is 4. The van der Waals surface area contributed by atoms with Gasteiger partial charge in [-0.3, -0.25) is 4.79 Å². The van der Waals surface area contributed by atoms with E-state index in [0.717, 1.165) is 19.3 Å². The van der Waals surface area contributed by atoms with Gasteiger partial charge in [-0.05, 0) is 49.1 Å². The van der Waals surface area contributed by atoms with Gasteiger partial charge in [-0.1, -0.05) is 38.5 Å². The standard InChI is InChI=1S/C23H25FN4O2/c1-15(2)14-30-23-26-21(19-11-3-4-12-20(19)24)28(27-23)18-10-6-9-17(13-18)25-22(29)16-7-5-8-16/h3-4,6,9-13,15-16H,5,7-8,14H2,1-2H3,(H,25,29). The van der Waals surface area contributed by atoms with Crippen molar-refractivity contribution in [3.8, 4) is 23.1 Å². The molecule has 6 nitrogen and oxygen atoms in total. The van der Waals surface area contributed by atoms with Crippen LogP contribution in [-0.4, -0.2) is 27.3 Å². The largest absolute Gasteiger partial charge is 0.462 e. The Kier molecular flexibility index (Phi) is 5.79.